The summed E-state index contributed by atoms with van der Waals surface area (Å²) < 4.78 is 10.7. The van der Waals surface area contributed by atoms with Crippen molar-refractivity contribution in [3.63, 3.8) is 0 Å². The van der Waals surface area contributed by atoms with E-state index in [1.807, 2.05) is 11.4 Å². The first-order valence-electron chi connectivity index (χ1n) is 7.26. The van der Waals surface area contributed by atoms with Crippen molar-refractivity contribution in [2.24, 2.45) is 0 Å². The van der Waals surface area contributed by atoms with Crippen LogP contribution < -0.4 is 14.8 Å². The maximum absolute atomic E-state index is 12.4. The Labute approximate surface area is 148 Å². The molecule has 0 bridgehead atoms. The molecule has 1 amide bonds. The Hall–Kier alpha value is -3.37. The van der Waals surface area contributed by atoms with Crippen LogP contribution in [0.25, 0.3) is 0 Å². The van der Waals surface area contributed by atoms with Crippen molar-refractivity contribution in [3.8, 4) is 22.8 Å². The van der Waals surface area contributed by atoms with Gasteiger partial charge in [0.1, 0.15) is 17.6 Å². The number of thiazole rings is 1. The predicted molar refractivity (Wildman–Crippen MR) is 94.3 cm³/mol. The molecule has 0 unspecified atom stereocenters. The van der Waals surface area contributed by atoms with Crippen molar-refractivity contribution in [1.82, 2.24) is 4.98 Å². The molecule has 6 nitrogen and oxygen atoms in total. The van der Waals surface area contributed by atoms with Gasteiger partial charge < -0.3 is 14.8 Å². The number of nitrogens with one attached hydrogen (secondary N) is 1. The molecule has 1 N–H and O–H groups in total. The van der Waals surface area contributed by atoms with Crippen molar-refractivity contribution >= 4 is 22.9 Å². The number of benzene rings is 2. The Kier molecular flexibility index (Phi) is 4.92. The van der Waals surface area contributed by atoms with Gasteiger partial charge >= 0.3 is 0 Å². The largest absolute Gasteiger partial charge is 0.495 e. The van der Waals surface area contributed by atoms with Gasteiger partial charge in [-0.1, -0.05) is 17.4 Å². The van der Waals surface area contributed by atoms with Crippen LogP contribution in [0.4, 0.5) is 5.69 Å². The molecular formula is C18H13N3O3S. The molecule has 0 aliphatic heterocycles. The zero-order valence-corrected chi connectivity index (χ0v) is 14.0. The summed E-state index contributed by atoms with van der Waals surface area (Å²) in [5, 5.41) is 14.2. The summed E-state index contributed by atoms with van der Waals surface area (Å²) in [7, 11) is 1.49. The zero-order valence-electron chi connectivity index (χ0n) is 13.2. The lowest BCUT2D eigenvalue weighted by atomic mass is 10.1. The molecule has 25 heavy (non-hydrogen) atoms. The fraction of sp³-hybridized carbons (Fsp3) is 0.0556. The van der Waals surface area contributed by atoms with Crippen molar-refractivity contribution < 1.29 is 14.3 Å². The summed E-state index contributed by atoms with van der Waals surface area (Å²) in [6.07, 6.45) is 1.65. The minimum Gasteiger partial charge on any atom is -0.495 e. The Morgan fingerprint density at radius 2 is 2.16 bits per heavy atom. The number of hydrogen-bond donors (Lipinski definition) is 1. The molecule has 2 aromatic carbocycles. The summed E-state index contributed by atoms with van der Waals surface area (Å²) in [6, 6.07) is 13.7. The zero-order chi connectivity index (χ0) is 17.6. The van der Waals surface area contributed by atoms with Crippen LogP contribution in [0.15, 0.2) is 54.0 Å². The second-order valence-corrected chi connectivity index (χ2v) is 5.77. The first kappa shape index (κ1) is 16.5. The van der Waals surface area contributed by atoms with Crippen LogP contribution in [0, 0.1) is 11.3 Å². The maximum Gasteiger partial charge on any atom is 0.278 e. The van der Waals surface area contributed by atoms with E-state index in [9.17, 15) is 4.79 Å². The monoisotopic (exact) mass is 351 g/mol. The molecule has 0 fully saturated rings. The van der Waals surface area contributed by atoms with Gasteiger partial charge in [0.2, 0.25) is 0 Å². The van der Waals surface area contributed by atoms with Gasteiger partial charge in [-0.15, -0.1) is 0 Å². The van der Waals surface area contributed by atoms with E-state index < -0.39 is 0 Å². The van der Waals surface area contributed by atoms with Gasteiger partial charge in [-0.3, -0.25) is 4.79 Å². The van der Waals surface area contributed by atoms with Gasteiger partial charge in [0.15, 0.2) is 0 Å². The maximum atomic E-state index is 12.4. The van der Waals surface area contributed by atoms with E-state index in [0.717, 1.165) is 0 Å². The third-order valence-corrected chi connectivity index (χ3v) is 3.94. The quantitative estimate of drug-likeness (QED) is 0.749. The fourth-order valence-electron chi connectivity index (χ4n) is 2.14. The number of hydrogen-bond acceptors (Lipinski definition) is 6. The lowest BCUT2D eigenvalue weighted by Gasteiger charge is -2.09. The molecule has 3 rings (SSSR count). The van der Waals surface area contributed by atoms with Gasteiger partial charge in [0.25, 0.3) is 11.1 Å². The molecule has 0 radical (unpaired) electrons. The number of methoxy groups -OCH3 is 1. The first-order chi connectivity index (χ1) is 12.2. The van der Waals surface area contributed by atoms with Crippen LogP contribution in [0.3, 0.4) is 0 Å². The highest BCUT2D eigenvalue weighted by molar-refractivity contribution is 7.11. The van der Waals surface area contributed by atoms with E-state index >= 15 is 0 Å². The van der Waals surface area contributed by atoms with Gasteiger partial charge in [-0.05, 0) is 36.4 Å². The summed E-state index contributed by atoms with van der Waals surface area (Å²) >= 11 is 1.37. The molecule has 124 valence electrons. The van der Waals surface area contributed by atoms with Crippen molar-refractivity contribution in [2.75, 3.05) is 12.4 Å². The fourth-order valence-corrected chi connectivity index (χ4v) is 2.64. The summed E-state index contributed by atoms with van der Waals surface area (Å²) in [5.41, 5.74) is 1.29. The van der Waals surface area contributed by atoms with Gasteiger partial charge in [0.05, 0.1) is 12.7 Å². The van der Waals surface area contributed by atoms with Gasteiger partial charge in [-0.2, -0.15) is 5.26 Å². The third-order valence-electron chi connectivity index (χ3n) is 3.29. The smallest absolute Gasteiger partial charge is 0.278 e. The van der Waals surface area contributed by atoms with Gasteiger partial charge in [0, 0.05) is 22.8 Å². The molecule has 0 saturated heterocycles. The molecular weight excluding hydrogens is 338 g/mol. The molecule has 0 atom stereocenters. The van der Waals surface area contributed by atoms with Crippen molar-refractivity contribution in [1.29, 1.82) is 5.26 Å². The van der Waals surface area contributed by atoms with E-state index in [1.165, 1.54) is 18.4 Å². The van der Waals surface area contributed by atoms with E-state index in [0.29, 0.717) is 33.5 Å². The van der Waals surface area contributed by atoms with Crippen LogP contribution >= 0.6 is 11.3 Å². The SMILES string of the molecule is COc1ccc(NC(=O)c2cccc(Oc3nccs3)c2)cc1C#N. The average Bonchev–Trinajstić information content (AvgIpc) is 3.14. The van der Waals surface area contributed by atoms with E-state index in [1.54, 1.807) is 48.7 Å². The molecule has 1 heterocycles. The van der Waals surface area contributed by atoms with Gasteiger partial charge in [-0.25, -0.2) is 4.98 Å². The predicted octanol–water partition coefficient (Wildman–Crippen LogP) is 4.07. The van der Waals surface area contributed by atoms with E-state index in [4.69, 9.17) is 14.7 Å². The number of anilines is 1. The normalized spacial score (nSPS) is 9.92. The molecule has 3 aromatic rings. The number of nitrogens with zero attached hydrogens (tertiary/aromatic N) is 2. The van der Waals surface area contributed by atoms with Crippen molar-refractivity contribution in [3.05, 3.63) is 65.2 Å². The molecule has 0 spiro atoms. The van der Waals surface area contributed by atoms with E-state index in [-0.39, 0.29) is 5.91 Å². The van der Waals surface area contributed by atoms with E-state index in [2.05, 4.69) is 10.3 Å². The first-order valence-corrected chi connectivity index (χ1v) is 8.14. The number of amides is 1. The lowest BCUT2D eigenvalue weighted by molar-refractivity contribution is 0.102. The molecule has 0 saturated carbocycles. The van der Waals surface area contributed by atoms with Crippen LogP contribution in [0.2, 0.25) is 0 Å². The van der Waals surface area contributed by atoms with Crippen molar-refractivity contribution in [2.45, 2.75) is 0 Å². The Bertz CT molecular complexity index is 933. The summed E-state index contributed by atoms with van der Waals surface area (Å²) in [5.74, 6) is 0.674. The number of ether oxygens (including phenoxy) is 2. The second kappa shape index (κ2) is 7.47. The number of carbonyl (C=O) groups is 1. The van der Waals surface area contributed by atoms with Crippen LogP contribution in [-0.2, 0) is 0 Å². The minimum atomic E-state index is -0.307. The average molecular weight is 351 g/mol. The number of aromatic nitrogens is 1. The molecule has 1 aromatic heterocycles. The van der Waals surface area contributed by atoms with Crippen LogP contribution in [0.1, 0.15) is 15.9 Å². The minimum absolute atomic E-state index is 0.307. The highest BCUT2D eigenvalue weighted by Crippen LogP contribution is 2.25. The Balaban J connectivity index is 1.76. The Morgan fingerprint density at radius 3 is 2.88 bits per heavy atom. The highest BCUT2D eigenvalue weighted by atomic mass is 32.1. The lowest BCUT2D eigenvalue weighted by Crippen LogP contribution is -2.12. The third kappa shape index (κ3) is 3.94. The van der Waals surface area contributed by atoms with Crippen LogP contribution in [0.5, 0.6) is 16.7 Å². The molecule has 0 aliphatic carbocycles. The number of nitriles is 1. The standard InChI is InChI=1S/C18H13N3O3S/c1-23-16-6-5-14(9-13(16)11-19)21-17(22)12-3-2-4-15(10-12)24-18-20-7-8-25-18/h2-10H,1H3,(H,21,22). The summed E-state index contributed by atoms with van der Waals surface area (Å²) in [6.45, 7) is 0. The van der Waals surface area contributed by atoms with Crippen LogP contribution in [-0.4, -0.2) is 18.0 Å². The molecule has 0 aliphatic rings. The number of rotatable bonds is 5. The Morgan fingerprint density at radius 1 is 1.28 bits per heavy atom. The highest BCUT2D eigenvalue weighted by Gasteiger charge is 2.10. The number of carbonyl (C=O) groups excluding carboxylic acids is 1. The topological polar surface area (TPSA) is 84.2 Å². The second-order valence-electron chi connectivity index (χ2n) is 4.91. The molecule has 7 heteroatoms. The summed E-state index contributed by atoms with van der Waals surface area (Å²) in [4.78, 5) is 16.5.